The number of oxime groups is 1. The van der Waals surface area contributed by atoms with Crippen LogP contribution >= 0.6 is 0 Å². The number of phenols is 1. The van der Waals surface area contributed by atoms with E-state index in [0.717, 1.165) is 5.56 Å². The predicted molar refractivity (Wildman–Crippen MR) is 62.7 cm³/mol. The quantitative estimate of drug-likeness (QED) is 0.344. The second-order valence-corrected chi connectivity index (χ2v) is 4.87. The summed E-state index contributed by atoms with van der Waals surface area (Å²) in [7, 11) is -3.93. The third kappa shape index (κ3) is 6.54. The Bertz CT molecular complexity index is 466. The Balaban J connectivity index is 2.25. The van der Waals surface area contributed by atoms with Crippen molar-refractivity contribution in [3.63, 3.8) is 0 Å². The van der Waals surface area contributed by atoms with Gasteiger partial charge in [0.15, 0.2) is 0 Å². The van der Waals surface area contributed by atoms with E-state index in [1.165, 1.54) is 18.3 Å². The van der Waals surface area contributed by atoms with Gasteiger partial charge in [0.05, 0.1) is 12.0 Å². The monoisotopic (exact) mass is 259 g/mol. The van der Waals surface area contributed by atoms with Crippen molar-refractivity contribution in [1.29, 1.82) is 0 Å². The molecule has 94 valence electrons. The fourth-order valence-corrected chi connectivity index (χ4v) is 1.50. The van der Waals surface area contributed by atoms with Crippen molar-refractivity contribution < 1.29 is 22.9 Å². The SMILES string of the molecule is O=S(=O)(O)CCCO/N=C/c1ccc(O)cc1. The molecule has 0 aliphatic heterocycles. The molecule has 0 fully saturated rings. The Morgan fingerprint density at radius 2 is 1.94 bits per heavy atom. The predicted octanol–water partition coefficient (Wildman–Crippen LogP) is 1.02. The molecule has 0 saturated carbocycles. The van der Waals surface area contributed by atoms with E-state index >= 15 is 0 Å². The van der Waals surface area contributed by atoms with E-state index in [2.05, 4.69) is 5.16 Å². The zero-order valence-electron chi connectivity index (χ0n) is 8.98. The van der Waals surface area contributed by atoms with Crippen molar-refractivity contribution in [2.45, 2.75) is 6.42 Å². The first-order valence-corrected chi connectivity index (χ1v) is 6.48. The molecule has 0 atom stereocenters. The lowest BCUT2D eigenvalue weighted by atomic mass is 10.2. The zero-order chi connectivity index (χ0) is 12.7. The van der Waals surface area contributed by atoms with Crippen LogP contribution in [0.1, 0.15) is 12.0 Å². The van der Waals surface area contributed by atoms with Crippen molar-refractivity contribution in [3.05, 3.63) is 29.8 Å². The van der Waals surface area contributed by atoms with Crippen molar-refractivity contribution in [2.75, 3.05) is 12.4 Å². The van der Waals surface area contributed by atoms with Gasteiger partial charge in [0.25, 0.3) is 10.1 Å². The number of benzene rings is 1. The summed E-state index contributed by atoms with van der Waals surface area (Å²) in [6.45, 7) is 0.106. The van der Waals surface area contributed by atoms with Crippen molar-refractivity contribution in [3.8, 4) is 5.75 Å². The molecule has 17 heavy (non-hydrogen) atoms. The Hall–Kier alpha value is -1.60. The van der Waals surface area contributed by atoms with Gasteiger partial charge < -0.3 is 9.94 Å². The highest BCUT2D eigenvalue weighted by Gasteiger charge is 2.02. The molecule has 0 amide bonds. The number of rotatable bonds is 6. The molecule has 7 heteroatoms. The van der Waals surface area contributed by atoms with Crippen molar-refractivity contribution in [2.24, 2.45) is 5.16 Å². The van der Waals surface area contributed by atoms with E-state index < -0.39 is 10.1 Å². The van der Waals surface area contributed by atoms with Crippen LogP contribution in [-0.4, -0.2) is 36.7 Å². The highest BCUT2D eigenvalue weighted by atomic mass is 32.2. The molecular formula is C10H13NO5S. The van der Waals surface area contributed by atoms with E-state index in [4.69, 9.17) is 14.5 Å². The first-order valence-electron chi connectivity index (χ1n) is 4.87. The van der Waals surface area contributed by atoms with Gasteiger partial charge in [0.2, 0.25) is 0 Å². The molecular weight excluding hydrogens is 246 g/mol. The first-order chi connectivity index (χ1) is 7.97. The van der Waals surface area contributed by atoms with Gasteiger partial charge in [-0.1, -0.05) is 5.16 Å². The highest BCUT2D eigenvalue weighted by molar-refractivity contribution is 7.85. The minimum atomic E-state index is -3.93. The van der Waals surface area contributed by atoms with Crippen molar-refractivity contribution in [1.82, 2.24) is 0 Å². The largest absolute Gasteiger partial charge is 0.508 e. The van der Waals surface area contributed by atoms with E-state index in [9.17, 15) is 8.42 Å². The number of phenolic OH excluding ortho intramolecular Hbond substituents is 1. The Morgan fingerprint density at radius 1 is 1.29 bits per heavy atom. The lowest BCUT2D eigenvalue weighted by Gasteiger charge is -1.98. The van der Waals surface area contributed by atoms with Crippen LogP contribution in [0.4, 0.5) is 0 Å². The summed E-state index contributed by atoms with van der Waals surface area (Å²) in [6, 6.07) is 6.33. The third-order valence-corrected chi connectivity index (χ3v) is 2.61. The Morgan fingerprint density at radius 3 is 2.53 bits per heavy atom. The zero-order valence-corrected chi connectivity index (χ0v) is 9.80. The molecule has 0 aromatic heterocycles. The summed E-state index contributed by atoms with van der Waals surface area (Å²) in [5.41, 5.74) is 0.748. The van der Waals surface area contributed by atoms with Gasteiger partial charge in [-0.25, -0.2) is 0 Å². The molecule has 0 saturated heterocycles. The second kappa shape index (κ2) is 6.21. The molecule has 0 heterocycles. The maximum Gasteiger partial charge on any atom is 0.264 e. The molecule has 0 spiro atoms. The number of aromatic hydroxyl groups is 1. The topological polar surface area (TPSA) is 96.2 Å². The summed E-state index contributed by atoms with van der Waals surface area (Å²) >= 11 is 0. The lowest BCUT2D eigenvalue weighted by molar-refractivity contribution is 0.146. The molecule has 0 unspecified atom stereocenters. The molecule has 1 aromatic rings. The standard InChI is InChI=1S/C10H13NO5S/c12-10-4-2-9(3-5-10)8-11-16-6-1-7-17(13,14)15/h2-5,8,12H,1,6-7H2,(H,13,14,15)/b11-8+. The molecule has 1 rings (SSSR count). The fourth-order valence-electron chi connectivity index (χ4n) is 1.02. The van der Waals surface area contributed by atoms with Gasteiger partial charge in [0.1, 0.15) is 12.4 Å². The second-order valence-electron chi connectivity index (χ2n) is 3.30. The normalized spacial score (nSPS) is 11.8. The van der Waals surface area contributed by atoms with E-state index in [1.54, 1.807) is 12.1 Å². The van der Waals surface area contributed by atoms with E-state index in [1.807, 2.05) is 0 Å². The summed E-state index contributed by atoms with van der Waals surface area (Å²) in [6.07, 6.45) is 1.61. The van der Waals surface area contributed by atoms with Gasteiger partial charge >= 0.3 is 0 Å². The maximum absolute atomic E-state index is 10.4. The summed E-state index contributed by atoms with van der Waals surface area (Å²) < 4.78 is 29.1. The highest BCUT2D eigenvalue weighted by Crippen LogP contribution is 2.07. The summed E-state index contributed by atoms with van der Waals surface area (Å²) in [4.78, 5) is 4.79. The molecule has 0 aliphatic rings. The van der Waals surface area contributed by atoms with Crippen LogP contribution in [0.2, 0.25) is 0 Å². The summed E-state index contributed by atoms with van der Waals surface area (Å²) in [5, 5.41) is 12.6. The number of hydrogen-bond donors (Lipinski definition) is 2. The van der Waals surface area contributed by atoms with Crippen LogP contribution < -0.4 is 0 Å². The number of nitrogens with zero attached hydrogens (tertiary/aromatic N) is 1. The van der Waals surface area contributed by atoms with Crippen molar-refractivity contribution >= 4 is 16.3 Å². The Labute approximate surface area is 99.3 Å². The van der Waals surface area contributed by atoms with Gasteiger partial charge in [-0.2, -0.15) is 8.42 Å². The van der Waals surface area contributed by atoms with E-state index in [0.29, 0.717) is 0 Å². The van der Waals surface area contributed by atoms with Crippen LogP contribution in [0.25, 0.3) is 0 Å². The van der Waals surface area contributed by atoms with Gasteiger partial charge in [0, 0.05) is 6.42 Å². The third-order valence-electron chi connectivity index (χ3n) is 1.81. The van der Waals surface area contributed by atoms with E-state index in [-0.39, 0.29) is 24.5 Å². The molecule has 0 bridgehead atoms. The lowest BCUT2D eigenvalue weighted by Crippen LogP contribution is -2.05. The molecule has 0 radical (unpaired) electrons. The average Bonchev–Trinajstić information content (AvgIpc) is 2.24. The van der Waals surface area contributed by atoms with Crippen LogP contribution in [0.3, 0.4) is 0 Å². The van der Waals surface area contributed by atoms with Gasteiger partial charge in [-0.15, -0.1) is 0 Å². The minimum absolute atomic E-state index is 0.106. The first kappa shape index (κ1) is 13.5. The molecule has 2 N–H and O–H groups in total. The average molecular weight is 259 g/mol. The molecule has 0 aliphatic carbocycles. The maximum atomic E-state index is 10.4. The minimum Gasteiger partial charge on any atom is -0.508 e. The summed E-state index contributed by atoms with van der Waals surface area (Å²) in [5.74, 6) is -0.182. The molecule has 6 nitrogen and oxygen atoms in total. The smallest absolute Gasteiger partial charge is 0.264 e. The Kier molecular flexibility index (Phi) is 4.92. The van der Waals surface area contributed by atoms with Gasteiger partial charge in [-0.3, -0.25) is 4.55 Å². The van der Waals surface area contributed by atoms with Crippen LogP contribution in [0, 0.1) is 0 Å². The molecule has 1 aromatic carbocycles. The van der Waals surface area contributed by atoms with Crippen LogP contribution in [0.15, 0.2) is 29.4 Å². The fraction of sp³-hybridized carbons (Fsp3) is 0.300. The van der Waals surface area contributed by atoms with Crippen LogP contribution in [0.5, 0.6) is 5.75 Å². The number of hydrogen-bond acceptors (Lipinski definition) is 5. The van der Waals surface area contributed by atoms with Crippen LogP contribution in [-0.2, 0) is 15.0 Å². The van der Waals surface area contributed by atoms with Gasteiger partial charge in [-0.05, 0) is 29.8 Å².